The maximum Gasteiger partial charge on any atom is 0.220 e. The third-order valence-corrected chi connectivity index (χ3v) is 5.45. The van der Waals surface area contributed by atoms with Crippen molar-refractivity contribution in [1.29, 1.82) is 0 Å². The Balaban J connectivity index is 1.25. The van der Waals surface area contributed by atoms with Gasteiger partial charge < -0.3 is 9.72 Å². The standard InChI is InChI=1S/C18H23N3O/c22-18(11-15-10-13-4-5-14(15)9-13)19-7-6-16-12-21-8-2-1-3-17(21)20-16/h1-3,8,12-15H,4-7,9-11H2,(H,19,22). The lowest BCUT2D eigenvalue weighted by Crippen LogP contribution is -2.29. The van der Waals surface area contributed by atoms with E-state index >= 15 is 0 Å². The van der Waals surface area contributed by atoms with Gasteiger partial charge in [0.2, 0.25) is 5.91 Å². The molecule has 0 saturated heterocycles. The van der Waals surface area contributed by atoms with Crippen LogP contribution >= 0.6 is 0 Å². The number of carbonyl (C=O) groups excluding carboxylic acids is 1. The molecular formula is C18H23N3O. The van der Waals surface area contributed by atoms with Crippen molar-refractivity contribution in [2.75, 3.05) is 6.54 Å². The molecular weight excluding hydrogens is 274 g/mol. The topological polar surface area (TPSA) is 46.4 Å². The maximum atomic E-state index is 12.1. The van der Waals surface area contributed by atoms with Gasteiger partial charge in [-0.25, -0.2) is 4.98 Å². The zero-order valence-corrected chi connectivity index (χ0v) is 12.9. The molecule has 0 spiro atoms. The minimum Gasteiger partial charge on any atom is -0.356 e. The van der Waals surface area contributed by atoms with Crippen molar-refractivity contribution >= 4 is 11.6 Å². The molecule has 2 aromatic rings. The average Bonchev–Trinajstić information content (AvgIpc) is 3.21. The smallest absolute Gasteiger partial charge is 0.220 e. The van der Waals surface area contributed by atoms with Crippen molar-refractivity contribution < 1.29 is 4.79 Å². The molecule has 1 amide bonds. The van der Waals surface area contributed by atoms with Gasteiger partial charge >= 0.3 is 0 Å². The highest BCUT2D eigenvalue weighted by molar-refractivity contribution is 5.76. The summed E-state index contributed by atoms with van der Waals surface area (Å²) in [5.41, 5.74) is 2.00. The van der Waals surface area contributed by atoms with Crippen LogP contribution in [0.5, 0.6) is 0 Å². The second-order valence-electron chi connectivity index (χ2n) is 6.94. The lowest BCUT2D eigenvalue weighted by atomic mass is 9.86. The summed E-state index contributed by atoms with van der Waals surface area (Å²) in [6.45, 7) is 0.684. The minimum atomic E-state index is 0.223. The van der Waals surface area contributed by atoms with Gasteiger partial charge in [-0.3, -0.25) is 4.79 Å². The molecule has 4 rings (SSSR count). The van der Waals surface area contributed by atoms with Crippen molar-refractivity contribution in [1.82, 2.24) is 14.7 Å². The van der Waals surface area contributed by atoms with E-state index in [1.165, 1.54) is 25.7 Å². The summed E-state index contributed by atoms with van der Waals surface area (Å²) in [7, 11) is 0. The molecule has 2 fully saturated rings. The molecule has 2 aliphatic rings. The molecule has 4 heteroatoms. The number of carbonyl (C=O) groups is 1. The van der Waals surface area contributed by atoms with E-state index in [9.17, 15) is 4.79 Å². The monoisotopic (exact) mass is 297 g/mol. The fraction of sp³-hybridized carbons (Fsp3) is 0.556. The highest BCUT2D eigenvalue weighted by Crippen LogP contribution is 2.49. The van der Waals surface area contributed by atoms with E-state index in [1.54, 1.807) is 0 Å². The number of pyridine rings is 1. The van der Waals surface area contributed by atoms with Crippen LogP contribution in [0.3, 0.4) is 0 Å². The first-order chi connectivity index (χ1) is 10.8. The second kappa shape index (κ2) is 5.75. The summed E-state index contributed by atoms with van der Waals surface area (Å²) < 4.78 is 2.02. The summed E-state index contributed by atoms with van der Waals surface area (Å²) in [6.07, 6.45) is 11.0. The Labute approximate surface area is 130 Å². The van der Waals surface area contributed by atoms with E-state index in [0.29, 0.717) is 12.5 Å². The van der Waals surface area contributed by atoms with Crippen LogP contribution in [0.2, 0.25) is 0 Å². The van der Waals surface area contributed by atoms with Gasteiger partial charge in [0.25, 0.3) is 0 Å². The van der Waals surface area contributed by atoms with Crippen molar-refractivity contribution in [3.05, 3.63) is 36.3 Å². The first-order valence-corrected chi connectivity index (χ1v) is 8.47. The molecule has 3 unspecified atom stereocenters. The number of amides is 1. The normalized spacial score (nSPS) is 26.6. The molecule has 0 aromatic carbocycles. The minimum absolute atomic E-state index is 0.223. The average molecular weight is 297 g/mol. The van der Waals surface area contributed by atoms with Crippen LogP contribution in [0.4, 0.5) is 0 Å². The van der Waals surface area contributed by atoms with Gasteiger partial charge in [0.1, 0.15) is 5.65 Å². The molecule has 22 heavy (non-hydrogen) atoms. The van der Waals surface area contributed by atoms with Gasteiger partial charge in [-0.05, 0) is 49.1 Å². The molecule has 0 radical (unpaired) electrons. The van der Waals surface area contributed by atoms with Crippen LogP contribution < -0.4 is 5.32 Å². The lowest BCUT2D eigenvalue weighted by molar-refractivity contribution is -0.122. The van der Waals surface area contributed by atoms with Crippen molar-refractivity contribution in [2.45, 2.75) is 38.5 Å². The van der Waals surface area contributed by atoms with Gasteiger partial charge in [-0.1, -0.05) is 12.5 Å². The van der Waals surface area contributed by atoms with E-state index in [4.69, 9.17) is 0 Å². The van der Waals surface area contributed by atoms with Gasteiger partial charge in [0.15, 0.2) is 0 Å². The predicted molar refractivity (Wildman–Crippen MR) is 85.5 cm³/mol. The Hall–Kier alpha value is -1.84. The molecule has 1 N–H and O–H groups in total. The van der Waals surface area contributed by atoms with Crippen LogP contribution in [0.25, 0.3) is 5.65 Å². The van der Waals surface area contributed by atoms with Crippen LogP contribution in [-0.4, -0.2) is 21.8 Å². The Morgan fingerprint density at radius 2 is 2.27 bits per heavy atom. The number of fused-ring (bicyclic) bond motifs is 3. The van der Waals surface area contributed by atoms with E-state index in [1.807, 2.05) is 35.0 Å². The third kappa shape index (κ3) is 2.74. The van der Waals surface area contributed by atoms with Gasteiger partial charge in [-0.2, -0.15) is 0 Å². The summed E-state index contributed by atoms with van der Waals surface area (Å²) in [6, 6.07) is 5.98. The predicted octanol–water partition coefficient (Wildman–Crippen LogP) is 2.82. The van der Waals surface area contributed by atoms with E-state index < -0.39 is 0 Å². The number of imidazole rings is 1. The Bertz CT molecular complexity index is 645. The van der Waals surface area contributed by atoms with E-state index in [2.05, 4.69) is 10.3 Å². The quantitative estimate of drug-likeness (QED) is 0.922. The number of rotatable bonds is 5. The summed E-state index contributed by atoms with van der Waals surface area (Å²) in [5, 5.41) is 3.07. The molecule has 4 nitrogen and oxygen atoms in total. The molecule has 0 aliphatic heterocycles. The van der Waals surface area contributed by atoms with E-state index in [0.717, 1.165) is 36.0 Å². The molecule has 2 bridgehead atoms. The van der Waals surface area contributed by atoms with Crippen LogP contribution in [-0.2, 0) is 11.2 Å². The second-order valence-corrected chi connectivity index (χ2v) is 6.94. The first kappa shape index (κ1) is 13.8. The summed E-state index contributed by atoms with van der Waals surface area (Å²) >= 11 is 0. The van der Waals surface area contributed by atoms with Gasteiger partial charge in [-0.15, -0.1) is 0 Å². The zero-order valence-electron chi connectivity index (χ0n) is 12.9. The fourth-order valence-corrected chi connectivity index (χ4v) is 4.37. The van der Waals surface area contributed by atoms with Crippen LogP contribution in [0.1, 0.15) is 37.8 Å². The molecule has 2 saturated carbocycles. The Morgan fingerprint density at radius 3 is 3.05 bits per heavy atom. The maximum absolute atomic E-state index is 12.1. The van der Waals surface area contributed by atoms with Gasteiger partial charge in [0, 0.05) is 31.8 Å². The third-order valence-electron chi connectivity index (χ3n) is 5.45. The number of nitrogens with zero attached hydrogens (tertiary/aromatic N) is 2. The first-order valence-electron chi connectivity index (χ1n) is 8.47. The Morgan fingerprint density at radius 1 is 1.32 bits per heavy atom. The number of aromatic nitrogens is 2. The van der Waals surface area contributed by atoms with Crippen LogP contribution in [0.15, 0.2) is 30.6 Å². The zero-order chi connectivity index (χ0) is 14.9. The molecule has 2 aromatic heterocycles. The highest BCUT2D eigenvalue weighted by Gasteiger charge is 2.39. The SMILES string of the molecule is O=C(CC1CC2CCC1C2)NCCc1cn2ccccc2n1. The molecule has 3 atom stereocenters. The largest absolute Gasteiger partial charge is 0.356 e. The van der Waals surface area contributed by atoms with Crippen molar-refractivity contribution in [3.63, 3.8) is 0 Å². The van der Waals surface area contributed by atoms with Crippen molar-refractivity contribution in [2.24, 2.45) is 17.8 Å². The number of hydrogen-bond acceptors (Lipinski definition) is 2. The summed E-state index contributed by atoms with van der Waals surface area (Å²) in [4.78, 5) is 16.7. The van der Waals surface area contributed by atoms with Gasteiger partial charge in [0.05, 0.1) is 5.69 Å². The fourth-order valence-electron chi connectivity index (χ4n) is 4.37. The molecule has 2 heterocycles. The summed E-state index contributed by atoms with van der Waals surface area (Å²) in [5.74, 6) is 2.62. The highest BCUT2D eigenvalue weighted by atomic mass is 16.1. The molecule has 2 aliphatic carbocycles. The Kier molecular flexibility index (Phi) is 3.60. The van der Waals surface area contributed by atoms with E-state index in [-0.39, 0.29) is 5.91 Å². The number of nitrogens with one attached hydrogen (secondary N) is 1. The number of hydrogen-bond donors (Lipinski definition) is 1. The van der Waals surface area contributed by atoms with Crippen molar-refractivity contribution in [3.8, 4) is 0 Å². The lowest BCUT2D eigenvalue weighted by Gasteiger charge is -2.20. The molecule has 116 valence electrons. The van der Waals surface area contributed by atoms with Crippen LogP contribution in [0, 0.1) is 17.8 Å².